The summed E-state index contributed by atoms with van der Waals surface area (Å²) >= 11 is 0. The van der Waals surface area contributed by atoms with Crippen LogP contribution in [0.4, 0.5) is 0 Å². The summed E-state index contributed by atoms with van der Waals surface area (Å²) in [5.41, 5.74) is 1.37. The van der Waals surface area contributed by atoms with Crippen LogP contribution in [0.2, 0.25) is 0 Å². The fourth-order valence-electron chi connectivity index (χ4n) is 2.70. The summed E-state index contributed by atoms with van der Waals surface area (Å²) in [6.07, 6.45) is 17.6. The molecule has 1 rings (SSSR count). The highest BCUT2D eigenvalue weighted by Gasteiger charge is 2.22. The Kier molecular flexibility index (Phi) is 8.90. The van der Waals surface area contributed by atoms with Crippen molar-refractivity contribution in [2.24, 2.45) is 0 Å². The highest BCUT2D eigenvalue weighted by molar-refractivity contribution is 5.07. The molecule has 0 bridgehead atoms. The van der Waals surface area contributed by atoms with E-state index in [0.29, 0.717) is 6.10 Å². The topological polar surface area (TPSA) is 9.23 Å². The second-order valence-electron chi connectivity index (χ2n) is 5.87. The summed E-state index contributed by atoms with van der Waals surface area (Å²) in [5.74, 6) is 0. The third-order valence-corrected chi connectivity index (χ3v) is 3.83. The third-order valence-electron chi connectivity index (χ3n) is 3.83. The number of ether oxygens (including phenoxy) is 1. The van der Waals surface area contributed by atoms with E-state index in [0.717, 1.165) is 12.8 Å². The first-order valence-corrected chi connectivity index (χ1v) is 8.25. The van der Waals surface area contributed by atoms with Gasteiger partial charge in [0.25, 0.3) is 0 Å². The number of allylic oxidation sites excluding steroid dienone is 1. The van der Waals surface area contributed by atoms with Crippen LogP contribution in [0.5, 0.6) is 0 Å². The zero-order valence-electron chi connectivity index (χ0n) is 13.0. The van der Waals surface area contributed by atoms with Crippen molar-refractivity contribution in [2.45, 2.75) is 90.3 Å². The van der Waals surface area contributed by atoms with Crippen molar-refractivity contribution in [2.75, 3.05) is 0 Å². The highest BCUT2D eigenvalue weighted by Crippen LogP contribution is 2.27. The molecule has 0 aromatic carbocycles. The Labute approximate surface area is 120 Å². The molecular formula is C18H32O. The fraction of sp³-hybridized carbons (Fsp3) is 0.778. The highest BCUT2D eigenvalue weighted by atomic mass is 16.5. The van der Waals surface area contributed by atoms with Crippen LogP contribution >= 0.6 is 0 Å². The maximum absolute atomic E-state index is 6.16. The largest absolute Gasteiger partial charge is 0.370 e. The first kappa shape index (κ1) is 16.5. The van der Waals surface area contributed by atoms with Crippen molar-refractivity contribution < 1.29 is 4.74 Å². The van der Waals surface area contributed by atoms with Gasteiger partial charge in [0.2, 0.25) is 0 Å². The summed E-state index contributed by atoms with van der Waals surface area (Å²) in [7, 11) is 0. The molecule has 0 aromatic rings. The number of rotatable bonds is 9. The molecule has 0 N–H and O–H groups in total. The zero-order valence-corrected chi connectivity index (χ0v) is 13.0. The first-order chi connectivity index (χ1) is 9.26. The molecule has 1 heterocycles. The maximum atomic E-state index is 6.16. The van der Waals surface area contributed by atoms with E-state index in [1.165, 1.54) is 56.9 Å². The molecule has 0 saturated carbocycles. The van der Waals surface area contributed by atoms with Crippen LogP contribution in [-0.2, 0) is 4.74 Å². The van der Waals surface area contributed by atoms with Crippen molar-refractivity contribution in [3.63, 3.8) is 0 Å². The second kappa shape index (κ2) is 10.3. The molecule has 1 aliphatic heterocycles. The molecule has 1 aliphatic rings. The lowest BCUT2D eigenvalue weighted by atomic mass is 9.95. The maximum Gasteiger partial charge on any atom is 0.0796 e. The molecule has 110 valence electrons. The molecule has 19 heavy (non-hydrogen) atoms. The Morgan fingerprint density at radius 3 is 2.58 bits per heavy atom. The van der Waals surface area contributed by atoms with Gasteiger partial charge in [0, 0.05) is 0 Å². The Bertz CT molecular complexity index is 267. The lowest BCUT2D eigenvalue weighted by Gasteiger charge is -2.30. The average Bonchev–Trinajstić information content (AvgIpc) is 2.38. The number of hydrogen-bond donors (Lipinski definition) is 0. The van der Waals surface area contributed by atoms with Gasteiger partial charge < -0.3 is 4.74 Å². The van der Waals surface area contributed by atoms with Crippen LogP contribution in [0.25, 0.3) is 0 Å². The minimum Gasteiger partial charge on any atom is -0.370 e. The molecule has 0 aromatic heterocycles. The molecule has 0 unspecified atom stereocenters. The SMILES string of the molecule is C=C1C[C@H](CCCCC)O[C@H](/C=C/CCCCC)C1. The predicted octanol–water partition coefficient (Wildman–Crippen LogP) is 5.81. The molecule has 1 heteroatoms. The van der Waals surface area contributed by atoms with Gasteiger partial charge in [-0.1, -0.05) is 70.3 Å². The van der Waals surface area contributed by atoms with Crippen LogP contribution in [-0.4, -0.2) is 12.2 Å². The van der Waals surface area contributed by atoms with E-state index in [1.807, 2.05) is 0 Å². The van der Waals surface area contributed by atoms with Gasteiger partial charge in [-0.3, -0.25) is 0 Å². The minimum absolute atomic E-state index is 0.287. The van der Waals surface area contributed by atoms with E-state index < -0.39 is 0 Å². The summed E-state index contributed by atoms with van der Waals surface area (Å²) in [6, 6.07) is 0. The van der Waals surface area contributed by atoms with E-state index >= 15 is 0 Å². The quantitative estimate of drug-likeness (QED) is 0.377. The van der Waals surface area contributed by atoms with Crippen molar-refractivity contribution in [1.82, 2.24) is 0 Å². The lowest BCUT2D eigenvalue weighted by Crippen LogP contribution is -2.27. The summed E-state index contributed by atoms with van der Waals surface area (Å²) in [6.45, 7) is 8.69. The van der Waals surface area contributed by atoms with Crippen LogP contribution < -0.4 is 0 Å². The van der Waals surface area contributed by atoms with Gasteiger partial charge in [-0.25, -0.2) is 0 Å². The van der Waals surface area contributed by atoms with E-state index in [9.17, 15) is 0 Å². The zero-order chi connectivity index (χ0) is 13.9. The molecule has 1 fully saturated rings. The van der Waals surface area contributed by atoms with Gasteiger partial charge in [0.05, 0.1) is 12.2 Å². The molecule has 0 amide bonds. The van der Waals surface area contributed by atoms with Crippen LogP contribution in [0.1, 0.15) is 78.1 Å². The van der Waals surface area contributed by atoms with Crippen LogP contribution in [0, 0.1) is 0 Å². The smallest absolute Gasteiger partial charge is 0.0796 e. The summed E-state index contributed by atoms with van der Waals surface area (Å²) < 4.78 is 6.16. The van der Waals surface area contributed by atoms with Crippen LogP contribution in [0.3, 0.4) is 0 Å². The van der Waals surface area contributed by atoms with Gasteiger partial charge in [0.1, 0.15) is 0 Å². The van der Waals surface area contributed by atoms with Gasteiger partial charge in [-0.15, -0.1) is 0 Å². The Morgan fingerprint density at radius 1 is 1.11 bits per heavy atom. The van der Waals surface area contributed by atoms with Gasteiger partial charge in [-0.05, 0) is 32.1 Å². The lowest BCUT2D eigenvalue weighted by molar-refractivity contribution is -0.0112. The molecule has 0 spiro atoms. The molecule has 1 nitrogen and oxygen atoms in total. The van der Waals surface area contributed by atoms with Crippen molar-refractivity contribution in [3.8, 4) is 0 Å². The average molecular weight is 264 g/mol. The molecule has 2 atom stereocenters. The van der Waals surface area contributed by atoms with Crippen LogP contribution in [0.15, 0.2) is 24.3 Å². The van der Waals surface area contributed by atoms with Crippen molar-refractivity contribution in [1.29, 1.82) is 0 Å². The summed E-state index contributed by atoms with van der Waals surface area (Å²) in [4.78, 5) is 0. The molecular weight excluding hydrogens is 232 g/mol. The standard InChI is InChI=1S/C18H32O/c1-4-6-8-9-11-13-18-15-16(3)14-17(19-18)12-10-7-5-2/h11,13,17-18H,3-10,12,14-15H2,1-2H3/b13-11+/t17-,18+/m0/s1. The minimum atomic E-state index is 0.287. The number of hydrogen-bond acceptors (Lipinski definition) is 1. The van der Waals surface area contributed by atoms with E-state index in [4.69, 9.17) is 4.74 Å². The second-order valence-corrected chi connectivity index (χ2v) is 5.87. The fourth-order valence-corrected chi connectivity index (χ4v) is 2.70. The van der Waals surface area contributed by atoms with E-state index in [-0.39, 0.29) is 6.10 Å². The van der Waals surface area contributed by atoms with E-state index in [2.05, 4.69) is 32.6 Å². The molecule has 0 aliphatic carbocycles. The third kappa shape index (κ3) is 7.57. The first-order valence-electron chi connectivity index (χ1n) is 8.25. The van der Waals surface area contributed by atoms with Crippen molar-refractivity contribution in [3.05, 3.63) is 24.3 Å². The monoisotopic (exact) mass is 264 g/mol. The van der Waals surface area contributed by atoms with Gasteiger partial charge in [-0.2, -0.15) is 0 Å². The Hall–Kier alpha value is -0.560. The van der Waals surface area contributed by atoms with E-state index in [1.54, 1.807) is 0 Å². The molecule has 1 saturated heterocycles. The van der Waals surface area contributed by atoms with Crippen molar-refractivity contribution >= 4 is 0 Å². The molecule has 0 radical (unpaired) electrons. The normalized spacial score (nSPS) is 24.2. The van der Waals surface area contributed by atoms with Gasteiger partial charge >= 0.3 is 0 Å². The predicted molar refractivity (Wildman–Crippen MR) is 84.5 cm³/mol. The number of unbranched alkanes of at least 4 members (excludes halogenated alkanes) is 5. The van der Waals surface area contributed by atoms with Gasteiger partial charge in [0.15, 0.2) is 0 Å². The Morgan fingerprint density at radius 2 is 1.84 bits per heavy atom. The summed E-state index contributed by atoms with van der Waals surface area (Å²) in [5, 5.41) is 0. The Balaban J connectivity index is 2.27.